The van der Waals surface area contributed by atoms with Gasteiger partial charge in [0.05, 0.1) is 4.90 Å². The normalized spacial score (nSPS) is 11.3. The predicted octanol–water partition coefficient (Wildman–Crippen LogP) is 4.37. The molecule has 6 nitrogen and oxygen atoms in total. The van der Waals surface area contributed by atoms with Crippen molar-refractivity contribution in [3.8, 4) is 5.75 Å². The van der Waals surface area contributed by atoms with Crippen LogP contribution in [-0.4, -0.2) is 20.9 Å². The largest absolute Gasteiger partial charge is 0.427 e. The first kappa shape index (κ1) is 25.6. The third-order valence-corrected chi connectivity index (χ3v) is 6.97. The minimum Gasteiger partial charge on any atom is -0.427 e. The van der Waals surface area contributed by atoms with Gasteiger partial charge in [0.25, 0.3) is 0 Å². The van der Waals surface area contributed by atoms with Crippen molar-refractivity contribution in [2.45, 2.75) is 50.0 Å². The minimum absolute atomic E-state index is 0.147. The molecule has 3 aromatic carbocycles. The van der Waals surface area contributed by atoms with Gasteiger partial charge in [-0.1, -0.05) is 54.6 Å². The molecule has 180 valence electrons. The molecule has 0 amide bonds. The maximum Gasteiger partial charge on any atom is 0.311 e. The molecule has 0 bridgehead atoms. The van der Waals surface area contributed by atoms with Gasteiger partial charge >= 0.3 is 5.97 Å². The highest BCUT2D eigenvalue weighted by molar-refractivity contribution is 7.89. The third kappa shape index (κ3) is 8.41. The zero-order valence-corrected chi connectivity index (χ0v) is 20.1. The Hall–Kier alpha value is -3.00. The summed E-state index contributed by atoms with van der Waals surface area (Å²) >= 11 is 0. The Labute approximate surface area is 202 Å². The van der Waals surface area contributed by atoms with E-state index in [1.165, 1.54) is 35.4 Å². The van der Waals surface area contributed by atoms with Crippen molar-refractivity contribution in [2.75, 3.05) is 6.54 Å². The van der Waals surface area contributed by atoms with E-state index in [4.69, 9.17) is 10.5 Å². The highest BCUT2D eigenvalue weighted by Crippen LogP contribution is 2.17. The first-order chi connectivity index (χ1) is 16.5. The van der Waals surface area contributed by atoms with E-state index in [1.54, 1.807) is 0 Å². The number of unbranched alkanes of at least 4 members (excludes halogenated alkanes) is 1. The molecule has 0 fully saturated rings. The number of rotatable bonds is 13. The summed E-state index contributed by atoms with van der Waals surface area (Å²) in [4.78, 5) is 12.2. The van der Waals surface area contributed by atoms with Gasteiger partial charge in [-0.15, -0.1) is 0 Å². The minimum atomic E-state index is -3.61. The quantitative estimate of drug-likeness (QED) is 0.215. The molecule has 0 saturated heterocycles. The van der Waals surface area contributed by atoms with Crippen LogP contribution in [0.15, 0.2) is 83.8 Å². The third-order valence-electron chi connectivity index (χ3n) is 5.50. The smallest absolute Gasteiger partial charge is 0.311 e. The molecule has 3 aromatic rings. The Morgan fingerprint density at radius 3 is 2.06 bits per heavy atom. The summed E-state index contributed by atoms with van der Waals surface area (Å²) in [5.74, 6) is 0.00615. The molecule has 0 saturated carbocycles. The summed E-state index contributed by atoms with van der Waals surface area (Å²) in [7, 11) is -3.61. The molecule has 0 aliphatic heterocycles. The fourth-order valence-corrected chi connectivity index (χ4v) is 4.61. The van der Waals surface area contributed by atoms with Crippen LogP contribution in [0.3, 0.4) is 0 Å². The zero-order valence-electron chi connectivity index (χ0n) is 19.3. The number of carbonyl (C=O) groups is 1. The number of hydrogen-bond donors (Lipinski definition) is 2. The van der Waals surface area contributed by atoms with E-state index in [0.29, 0.717) is 31.7 Å². The lowest BCUT2D eigenvalue weighted by Gasteiger charge is -2.09. The van der Waals surface area contributed by atoms with Gasteiger partial charge in [0, 0.05) is 19.5 Å². The van der Waals surface area contributed by atoms with Crippen molar-refractivity contribution in [2.24, 2.45) is 5.73 Å². The Bertz CT molecular complexity index is 1130. The fraction of sp³-hybridized carbons (Fsp3) is 0.296. The molecule has 3 rings (SSSR count). The molecule has 7 heteroatoms. The average Bonchev–Trinajstić information content (AvgIpc) is 2.85. The molecule has 0 radical (unpaired) electrons. The van der Waals surface area contributed by atoms with E-state index >= 15 is 0 Å². The molecule has 0 aliphatic carbocycles. The number of esters is 1. The van der Waals surface area contributed by atoms with Crippen LogP contribution in [0.4, 0.5) is 0 Å². The maximum absolute atomic E-state index is 12.5. The van der Waals surface area contributed by atoms with E-state index in [0.717, 1.165) is 31.2 Å². The number of ether oxygens (including phenoxy) is 1. The molecule has 0 heterocycles. The summed E-state index contributed by atoms with van der Waals surface area (Å²) in [6, 6.07) is 24.0. The topological polar surface area (TPSA) is 98.5 Å². The molecule has 0 atom stereocenters. The maximum atomic E-state index is 12.5. The predicted molar refractivity (Wildman–Crippen MR) is 134 cm³/mol. The van der Waals surface area contributed by atoms with Crippen molar-refractivity contribution in [1.29, 1.82) is 0 Å². The number of nitrogens with two attached hydrogens (primary N) is 1. The van der Waals surface area contributed by atoms with Gasteiger partial charge < -0.3 is 10.5 Å². The van der Waals surface area contributed by atoms with Gasteiger partial charge in [-0.3, -0.25) is 4.79 Å². The van der Waals surface area contributed by atoms with Crippen molar-refractivity contribution in [3.05, 3.63) is 95.6 Å². The van der Waals surface area contributed by atoms with Gasteiger partial charge in [0.15, 0.2) is 0 Å². The molecular weight excluding hydrogens is 448 g/mol. The fourth-order valence-electron chi connectivity index (χ4n) is 3.54. The molecule has 0 aliphatic rings. The van der Waals surface area contributed by atoms with Crippen molar-refractivity contribution >= 4 is 16.0 Å². The van der Waals surface area contributed by atoms with Crippen LogP contribution in [0.2, 0.25) is 0 Å². The number of benzene rings is 3. The standard InChI is InChI=1S/C27H32N2O4S/c28-21-24-14-12-23(13-15-24)9-4-5-20-29-34(31,32)26-18-16-25(17-19-26)33-27(30)11-6-10-22-7-2-1-3-8-22/h1-3,7-8,12-19,29H,4-6,9-11,20-21,28H2. The highest BCUT2D eigenvalue weighted by atomic mass is 32.2. The summed E-state index contributed by atoms with van der Waals surface area (Å²) < 4.78 is 33.0. The van der Waals surface area contributed by atoms with E-state index in [1.807, 2.05) is 42.5 Å². The summed E-state index contributed by atoms with van der Waals surface area (Å²) in [6.07, 6.45) is 4.30. The molecule has 0 unspecified atom stereocenters. The number of hydrogen-bond acceptors (Lipinski definition) is 5. The zero-order chi connectivity index (χ0) is 24.2. The highest BCUT2D eigenvalue weighted by Gasteiger charge is 2.14. The first-order valence-corrected chi connectivity index (χ1v) is 13.1. The summed E-state index contributed by atoms with van der Waals surface area (Å²) in [5.41, 5.74) is 9.10. The number of aryl methyl sites for hydroxylation is 2. The summed E-state index contributed by atoms with van der Waals surface area (Å²) in [6.45, 7) is 0.890. The second kappa shape index (κ2) is 13.0. The van der Waals surface area contributed by atoms with Crippen LogP contribution in [0.1, 0.15) is 42.4 Å². The second-order valence-corrected chi connectivity index (χ2v) is 9.93. The van der Waals surface area contributed by atoms with Crippen LogP contribution in [0.5, 0.6) is 5.75 Å². The molecule has 3 N–H and O–H groups in total. The van der Waals surface area contributed by atoms with Gasteiger partial charge in [-0.2, -0.15) is 0 Å². The van der Waals surface area contributed by atoms with Gasteiger partial charge in [0.2, 0.25) is 10.0 Å². The molecule has 34 heavy (non-hydrogen) atoms. The van der Waals surface area contributed by atoms with Crippen LogP contribution < -0.4 is 15.2 Å². The Morgan fingerprint density at radius 2 is 1.38 bits per heavy atom. The Morgan fingerprint density at radius 1 is 0.765 bits per heavy atom. The second-order valence-electron chi connectivity index (χ2n) is 8.16. The molecular formula is C27H32N2O4S. The van der Waals surface area contributed by atoms with Crippen molar-refractivity contribution < 1.29 is 17.9 Å². The lowest BCUT2D eigenvalue weighted by atomic mass is 10.1. The monoisotopic (exact) mass is 480 g/mol. The van der Waals surface area contributed by atoms with Gasteiger partial charge in [-0.25, -0.2) is 13.1 Å². The first-order valence-electron chi connectivity index (χ1n) is 11.6. The lowest BCUT2D eigenvalue weighted by Crippen LogP contribution is -2.24. The van der Waals surface area contributed by atoms with Crippen LogP contribution in [0, 0.1) is 0 Å². The van der Waals surface area contributed by atoms with Crippen molar-refractivity contribution in [1.82, 2.24) is 4.72 Å². The van der Waals surface area contributed by atoms with E-state index in [2.05, 4.69) is 16.9 Å². The number of nitrogens with one attached hydrogen (secondary N) is 1. The van der Waals surface area contributed by atoms with E-state index in [-0.39, 0.29) is 10.9 Å². The van der Waals surface area contributed by atoms with Crippen LogP contribution >= 0.6 is 0 Å². The molecule has 0 aromatic heterocycles. The Balaban J connectivity index is 1.37. The van der Waals surface area contributed by atoms with Crippen molar-refractivity contribution in [3.63, 3.8) is 0 Å². The van der Waals surface area contributed by atoms with Crippen LogP contribution in [0.25, 0.3) is 0 Å². The van der Waals surface area contributed by atoms with E-state index < -0.39 is 10.0 Å². The lowest BCUT2D eigenvalue weighted by molar-refractivity contribution is -0.134. The summed E-state index contributed by atoms with van der Waals surface area (Å²) in [5, 5.41) is 0. The van der Waals surface area contributed by atoms with Gasteiger partial charge in [-0.05, 0) is 73.1 Å². The molecule has 0 spiro atoms. The number of carbonyl (C=O) groups excluding carboxylic acids is 1. The van der Waals surface area contributed by atoms with Gasteiger partial charge in [0.1, 0.15) is 5.75 Å². The van der Waals surface area contributed by atoms with Crippen LogP contribution in [-0.2, 0) is 34.2 Å². The van der Waals surface area contributed by atoms with E-state index in [9.17, 15) is 13.2 Å². The Kier molecular flexibility index (Phi) is 9.82. The number of sulfonamides is 1. The average molecular weight is 481 g/mol. The SMILES string of the molecule is NCc1ccc(CCCCNS(=O)(=O)c2ccc(OC(=O)CCCc3ccccc3)cc2)cc1.